The molecule has 3 heterocycles. The zero-order chi connectivity index (χ0) is 13.4. The summed E-state index contributed by atoms with van der Waals surface area (Å²) in [4.78, 5) is 24.1. The second-order valence-electron chi connectivity index (χ2n) is 4.17. The van der Waals surface area contributed by atoms with Crippen LogP contribution in [0.15, 0.2) is 27.2 Å². The van der Waals surface area contributed by atoms with Crippen molar-refractivity contribution in [1.82, 2.24) is 10.2 Å². The van der Waals surface area contributed by atoms with E-state index in [1.807, 2.05) is 0 Å². The van der Waals surface area contributed by atoms with Crippen molar-refractivity contribution >= 4 is 17.8 Å². The molecule has 8 heteroatoms. The van der Waals surface area contributed by atoms with E-state index in [0.717, 1.165) is 0 Å². The lowest BCUT2D eigenvalue weighted by molar-refractivity contribution is -0.123. The predicted octanol–water partition coefficient (Wildman–Crippen LogP) is 0.168. The third-order valence-corrected chi connectivity index (χ3v) is 2.90. The lowest BCUT2D eigenvalue weighted by Crippen LogP contribution is -2.28. The minimum Gasteiger partial charge on any atom is -0.459 e. The van der Waals surface area contributed by atoms with Crippen molar-refractivity contribution in [1.29, 1.82) is 0 Å². The molecule has 2 aromatic heterocycles. The van der Waals surface area contributed by atoms with E-state index in [-0.39, 0.29) is 30.8 Å². The quantitative estimate of drug-likeness (QED) is 0.842. The van der Waals surface area contributed by atoms with Gasteiger partial charge in [-0.3, -0.25) is 14.5 Å². The molecule has 2 amide bonds. The van der Waals surface area contributed by atoms with Crippen molar-refractivity contribution in [2.24, 2.45) is 11.7 Å². The Morgan fingerprint density at radius 3 is 2.95 bits per heavy atom. The molecule has 19 heavy (non-hydrogen) atoms. The van der Waals surface area contributed by atoms with Gasteiger partial charge in [-0.1, -0.05) is 5.10 Å². The van der Waals surface area contributed by atoms with Crippen LogP contribution in [0.25, 0.3) is 11.7 Å². The van der Waals surface area contributed by atoms with Gasteiger partial charge in [0.15, 0.2) is 5.76 Å². The first-order chi connectivity index (χ1) is 9.15. The summed E-state index contributed by atoms with van der Waals surface area (Å²) in [6.45, 7) is 0.161. The standard InChI is InChI=1S/C11H10N4O4/c12-9(17)6-4-8(16)15(5-6)11-14-13-10(19-11)7-2-1-3-18-7/h1-3,6H,4-5H2,(H2,12,17). The number of nitrogens with two attached hydrogens (primary N) is 1. The molecule has 2 N–H and O–H groups in total. The third kappa shape index (κ3) is 1.96. The fraction of sp³-hybridized carbons (Fsp3) is 0.273. The van der Waals surface area contributed by atoms with Crippen LogP contribution in [-0.2, 0) is 9.59 Å². The predicted molar refractivity (Wildman–Crippen MR) is 61.7 cm³/mol. The molecule has 0 aromatic carbocycles. The van der Waals surface area contributed by atoms with Crippen LogP contribution in [-0.4, -0.2) is 28.6 Å². The Bertz CT molecular complexity index is 618. The average Bonchev–Trinajstić information content (AvgIpc) is 3.07. The Morgan fingerprint density at radius 1 is 1.47 bits per heavy atom. The van der Waals surface area contributed by atoms with Gasteiger partial charge in [-0.05, 0) is 12.1 Å². The van der Waals surface area contributed by atoms with Crippen molar-refractivity contribution < 1.29 is 18.4 Å². The number of hydrogen-bond acceptors (Lipinski definition) is 6. The van der Waals surface area contributed by atoms with Crippen LogP contribution in [0.3, 0.4) is 0 Å². The van der Waals surface area contributed by atoms with Crippen LogP contribution < -0.4 is 10.6 Å². The molecule has 0 aliphatic carbocycles. The van der Waals surface area contributed by atoms with E-state index < -0.39 is 11.8 Å². The van der Waals surface area contributed by atoms with Gasteiger partial charge in [0, 0.05) is 13.0 Å². The summed E-state index contributed by atoms with van der Waals surface area (Å²) < 4.78 is 10.5. The van der Waals surface area contributed by atoms with Crippen LogP contribution in [0, 0.1) is 5.92 Å². The van der Waals surface area contributed by atoms with E-state index in [4.69, 9.17) is 14.6 Å². The lowest BCUT2D eigenvalue weighted by atomic mass is 10.1. The summed E-state index contributed by atoms with van der Waals surface area (Å²) in [5, 5.41) is 7.56. The van der Waals surface area contributed by atoms with Crippen molar-refractivity contribution in [3.8, 4) is 11.7 Å². The number of rotatable bonds is 3. The second kappa shape index (κ2) is 4.23. The zero-order valence-electron chi connectivity index (χ0n) is 9.78. The summed E-state index contributed by atoms with van der Waals surface area (Å²) in [6.07, 6.45) is 1.54. The average molecular weight is 262 g/mol. The molecule has 1 saturated heterocycles. The number of primary amides is 1. The van der Waals surface area contributed by atoms with Gasteiger partial charge >= 0.3 is 6.01 Å². The second-order valence-corrected chi connectivity index (χ2v) is 4.17. The maximum atomic E-state index is 11.8. The van der Waals surface area contributed by atoms with Gasteiger partial charge in [-0.2, -0.15) is 0 Å². The maximum absolute atomic E-state index is 11.8. The minimum atomic E-state index is -0.522. The Morgan fingerprint density at radius 2 is 2.32 bits per heavy atom. The fourth-order valence-electron chi connectivity index (χ4n) is 1.91. The Hall–Kier alpha value is -2.64. The van der Waals surface area contributed by atoms with Gasteiger partial charge < -0.3 is 14.6 Å². The van der Waals surface area contributed by atoms with E-state index in [1.165, 1.54) is 11.2 Å². The number of furan rings is 1. The number of carbonyl (C=O) groups excluding carboxylic acids is 2. The number of anilines is 1. The van der Waals surface area contributed by atoms with Gasteiger partial charge in [0.25, 0.3) is 5.89 Å². The molecule has 1 atom stereocenters. The van der Waals surface area contributed by atoms with E-state index in [2.05, 4.69) is 10.2 Å². The third-order valence-electron chi connectivity index (χ3n) is 2.90. The Labute approximate surface area is 107 Å². The molecule has 2 aromatic rings. The van der Waals surface area contributed by atoms with Crippen molar-refractivity contribution in [3.63, 3.8) is 0 Å². The highest BCUT2D eigenvalue weighted by atomic mass is 16.4. The molecular formula is C11H10N4O4. The van der Waals surface area contributed by atoms with Crippen LogP contribution in [0.1, 0.15) is 6.42 Å². The van der Waals surface area contributed by atoms with E-state index in [1.54, 1.807) is 12.1 Å². The zero-order valence-corrected chi connectivity index (χ0v) is 9.78. The summed E-state index contributed by atoms with van der Waals surface area (Å²) >= 11 is 0. The molecule has 0 spiro atoms. The van der Waals surface area contributed by atoms with Crippen LogP contribution in [0.2, 0.25) is 0 Å². The molecular weight excluding hydrogens is 252 g/mol. The molecule has 0 bridgehead atoms. The number of nitrogens with zero attached hydrogens (tertiary/aromatic N) is 3. The van der Waals surface area contributed by atoms with Crippen LogP contribution in [0.5, 0.6) is 0 Å². The van der Waals surface area contributed by atoms with Gasteiger partial charge in [0.05, 0.1) is 12.2 Å². The number of amides is 2. The molecule has 1 aliphatic rings. The Kier molecular flexibility index (Phi) is 2.55. The highest BCUT2D eigenvalue weighted by Crippen LogP contribution is 2.27. The first kappa shape index (κ1) is 11.5. The van der Waals surface area contributed by atoms with Gasteiger partial charge in [0.2, 0.25) is 11.8 Å². The molecule has 1 aliphatic heterocycles. The number of aromatic nitrogens is 2. The van der Waals surface area contributed by atoms with Crippen molar-refractivity contribution in [2.45, 2.75) is 6.42 Å². The largest absolute Gasteiger partial charge is 0.459 e. The monoisotopic (exact) mass is 262 g/mol. The molecule has 98 valence electrons. The van der Waals surface area contributed by atoms with Gasteiger partial charge in [-0.25, -0.2) is 0 Å². The fourth-order valence-corrected chi connectivity index (χ4v) is 1.91. The lowest BCUT2D eigenvalue weighted by Gasteiger charge is -2.09. The SMILES string of the molecule is NC(=O)C1CC(=O)N(c2nnc(-c3ccco3)o2)C1. The van der Waals surface area contributed by atoms with Gasteiger partial charge in [-0.15, -0.1) is 5.10 Å². The van der Waals surface area contributed by atoms with Gasteiger partial charge in [0.1, 0.15) is 0 Å². The van der Waals surface area contributed by atoms with Crippen molar-refractivity contribution in [3.05, 3.63) is 18.4 Å². The first-order valence-electron chi connectivity index (χ1n) is 5.62. The maximum Gasteiger partial charge on any atom is 0.325 e. The van der Waals surface area contributed by atoms with Crippen LogP contribution in [0.4, 0.5) is 6.01 Å². The molecule has 0 radical (unpaired) electrons. The number of carbonyl (C=O) groups is 2. The highest BCUT2D eigenvalue weighted by molar-refractivity contribution is 5.98. The highest BCUT2D eigenvalue weighted by Gasteiger charge is 2.36. The van der Waals surface area contributed by atoms with Crippen LogP contribution >= 0.6 is 0 Å². The van der Waals surface area contributed by atoms with E-state index >= 15 is 0 Å². The van der Waals surface area contributed by atoms with Crippen molar-refractivity contribution in [2.75, 3.05) is 11.4 Å². The Balaban J connectivity index is 1.84. The summed E-state index contributed by atoms with van der Waals surface area (Å²) in [5.74, 6) is -0.710. The smallest absolute Gasteiger partial charge is 0.325 e. The molecule has 1 fully saturated rings. The molecule has 8 nitrogen and oxygen atoms in total. The summed E-state index contributed by atoms with van der Waals surface area (Å²) in [6, 6.07) is 3.39. The summed E-state index contributed by atoms with van der Waals surface area (Å²) in [5.41, 5.74) is 5.18. The van der Waals surface area contributed by atoms with E-state index in [0.29, 0.717) is 5.76 Å². The molecule has 1 unspecified atom stereocenters. The normalized spacial score (nSPS) is 19.1. The molecule has 3 rings (SSSR count). The first-order valence-corrected chi connectivity index (χ1v) is 5.62. The van der Waals surface area contributed by atoms with E-state index in [9.17, 15) is 9.59 Å². The summed E-state index contributed by atoms with van der Waals surface area (Å²) in [7, 11) is 0. The topological polar surface area (TPSA) is 115 Å². The minimum absolute atomic E-state index is 0.0418. The number of hydrogen-bond donors (Lipinski definition) is 1. The molecule has 0 saturated carbocycles.